The zero-order valence-corrected chi connectivity index (χ0v) is 12.1. The summed E-state index contributed by atoms with van der Waals surface area (Å²) in [5.41, 5.74) is 1.60. The molecule has 0 aliphatic rings. The Morgan fingerprint density at radius 1 is 1.48 bits per heavy atom. The van der Waals surface area contributed by atoms with Crippen molar-refractivity contribution in [1.82, 2.24) is 14.9 Å². The molecule has 1 atom stereocenters. The van der Waals surface area contributed by atoms with Crippen LogP contribution < -0.4 is 5.32 Å². The zero-order chi connectivity index (χ0) is 15.7. The molecule has 0 fully saturated rings. The van der Waals surface area contributed by atoms with Crippen LogP contribution in [0.2, 0.25) is 0 Å². The maximum Gasteiger partial charge on any atom is 0.390 e. The summed E-state index contributed by atoms with van der Waals surface area (Å²) in [6.45, 7) is 6.65. The number of amides is 1. The molecule has 0 aromatic carbocycles. The van der Waals surface area contributed by atoms with E-state index in [1.165, 1.54) is 10.7 Å². The molecule has 0 aliphatic carbocycles. The van der Waals surface area contributed by atoms with Gasteiger partial charge in [0.15, 0.2) is 5.76 Å². The van der Waals surface area contributed by atoms with Gasteiger partial charge in [-0.15, -0.1) is 0 Å². The lowest BCUT2D eigenvalue weighted by molar-refractivity contribution is -0.389. The first-order valence-corrected chi connectivity index (χ1v) is 6.25. The molecule has 2 heterocycles. The fourth-order valence-corrected chi connectivity index (χ4v) is 1.95. The van der Waals surface area contributed by atoms with Gasteiger partial charge in [0.1, 0.15) is 17.4 Å². The lowest BCUT2D eigenvalue weighted by Crippen LogP contribution is -2.25. The summed E-state index contributed by atoms with van der Waals surface area (Å²) in [5, 5.41) is 21.0. The van der Waals surface area contributed by atoms with E-state index in [2.05, 4.69) is 15.6 Å². The Balaban J connectivity index is 2.22. The average Bonchev–Trinajstić information content (AvgIpc) is 2.95. The number of nitro groups is 1. The molecule has 9 heteroatoms. The van der Waals surface area contributed by atoms with Crippen molar-refractivity contribution in [2.45, 2.75) is 33.7 Å². The number of nitrogens with zero attached hydrogens (tertiary/aromatic N) is 4. The average molecular weight is 293 g/mol. The van der Waals surface area contributed by atoms with Gasteiger partial charge < -0.3 is 20.0 Å². The first-order valence-electron chi connectivity index (χ1n) is 6.25. The number of anilines is 1. The Labute approximate surface area is 120 Å². The van der Waals surface area contributed by atoms with E-state index in [-0.39, 0.29) is 11.7 Å². The van der Waals surface area contributed by atoms with Crippen LogP contribution in [0.3, 0.4) is 0 Å². The number of hydrogen-bond acceptors (Lipinski definition) is 6. The van der Waals surface area contributed by atoms with Gasteiger partial charge in [-0.05, 0) is 32.6 Å². The fourth-order valence-electron chi connectivity index (χ4n) is 1.95. The molecule has 0 bridgehead atoms. The normalized spacial score (nSPS) is 12.2. The first-order chi connectivity index (χ1) is 9.81. The molecule has 9 nitrogen and oxygen atoms in total. The van der Waals surface area contributed by atoms with Crippen LogP contribution in [-0.2, 0) is 4.79 Å². The second-order valence-corrected chi connectivity index (χ2v) is 4.71. The third-order valence-corrected chi connectivity index (χ3v) is 3.12. The molecule has 1 amide bonds. The smallest absolute Gasteiger partial charge is 0.359 e. The van der Waals surface area contributed by atoms with Crippen LogP contribution in [0.5, 0.6) is 0 Å². The lowest BCUT2D eigenvalue weighted by atomic mass is 10.2. The fraction of sp³-hybridized carbons (Fsp3) is 0.417. The minimum absolute atomic E-state index is 0.288. The maximum absolute atomic E-state index is 12.2. The third kappa shape index (κ3) is 2.76. The molecule has 0 spiro atoms. The molecule has 0 saturated carbocycles. The third-order valence-electron chi connectivity index (χ3n) is 3.12. The van der Waals surface area contributed by atoms with Crippen molar-refractivity contribution in [1.29, 1.82) is 0 Å². The van der Waals surface area contributed by atoms with Crippen LogP contribution in [0.15, 0.2) is 10.6 Å². The van der Waals surface area contributed by atoms with Gasteiger partial charge in [0.25, 0.3) is 5.91 Å². The van der Waals surface area contributed by atoms with Crippen LogP contribution >= 0.6 is 0 Å². The van der Waals surface area contributed by atoms with E-state index in [1.54, 1.807) is 27.7 Å². The van der Waals surface area contributed by atoms with E-state index in [0.717, 1.165) is 0 Å². The van der Waals surface area contributed by atoms with Gasteiger partial charge in [0.05, 0.1) is 16.9 Å². The number of nitrogens with one attached hydrogen (secondary N) is 1. The number of carbonyl (C=O) groups is 1. The monoisotopic (exact) mass is 293 g/mol. The van der Waals surface area contributed by atoms with Crippen molar-refractivity contribution < 1.29 is 14.2 Å². The molecule has 0 saturated heterocycles. The van der Waals surface area contributed by atoms with Crippen molar-refractivity contribution in [3.63, 3.8) is 0 Å². The summed E-state index contributed by atoms with van der Waals surface area (Å²) >= 11 is 0. The molecular weight excluding hydrogens is 278 g/mol. The van der Waals surface area contributed by atoms with Crippen molar-refractivity contribution in [2.75, 3.05) is 5.32 Å². The van der Waals surface area contributed by atoms with Crippen LogP contribution in [0.25, 0.3) is 0 Å². The molecule has 0 aliphatic heterocycles. The molecule has 112 valence electrons. The summed E-state index contributed by atoms with van der Waals surface area (Å²) in [6.07, 6.45) is 0. The molecule has 2 aromatic heterocycles. The molecule has 1 N–H and O–H groups in total. The Kier molecular flexibility index (Phi) is 3.74. The largest absolute Gasteiger partial charge is 0.390 e. The van der Waals surface area contributed by atoms with E-state index in [1.807, 2.05) is 0 Å². The number of aryl methyl sites for hydroxylation is 3. The van der Waals surface area contributed by atoms with Crippen molar-refractivity contribution in [2.24, 2.45) is 0 Å². The summed E-state index contributed by atoms with van der Waals surface area (Å²) in [5.74, 6) is -0.147. The Morgan fingerprint density at radius 3 is 2.62 bits per heavy atom. The quantitative estimate of drug-likeness (QED) is 0.679. The number of aromatic nitrogens is 3. The van der Waals surface area contributed by atoms with Gasteiger partial charge in [-0.25, -0.2) is 0 Å². The van der Waals surface area contributed by atoms with Gasteiger partial charge in [0.2, 0.25) is 0 Å². The minimum Gasteiger partial charge on any atom is -0.359 e. The zero-order valence-electron chi connectivity index (χ0n) is 12.1. The van der Waals surface area contributed by atoms with E-state index >= 15 is 0 Å². The highest BCUT2D eigenvalue weighted by Gasteiger charge is 2.25. The minimum atomic E-state index is -0.701. The topological polar surface area (TPSA) is 116 Å². The van der Waals surface area contributed by atoms with Gasteiger partial charge >= 0.3 is 5.82 Å². The first kappa shape index (κ1) is 14.7. The Bertz CT molecular complexity index is 683. The molecule has 2 aromatic rings. The Hall–Kier alpha value is -2.71. The predicted octanol–water partition coefficient (Wildman–Crippen LogP) is 1.90. The van der Waals surface area contributed by atoms with Crippen LogP contribution in [0, 0.1) is 30.9 Å². The van der Waals surface area contributed by atoms with Crippen molar-refractivity contribution >= 4 is 17.4 Å². The van der Waals surface area contributed by atoms with E-state index in [4.69, 9.17) is 4.52 Å². The highest BCUT2D eigenvalue weighted by Crippen LogP contribution is 2.21. The van der Waals surface area contributed by atoms with Gasteiger partial charge in [-0.3, -0.25) is 4.79 Å². The molecule has 2 rings (SSSR count). The standard InChI is InChI=1S/C12H15N5O4/c1-6-5-10(17(19)20)14-16(6)8(3)12(18)13-11-7(2)15-21-9(11)4/h5,8H,1-4H3,(H,13,18). The second kappa shape index (κ2) is 5.35. The van der Waals surface area contributed by atoms with Crippen molar-refractivity contribution in [3.05, 3.63) is 33.3 Å². The van der Waals surface area contributed by atoms with Gasteiger partial charge in [-0.2, -0.15) is 4.68 Å². The number of carbonyl (C=O) groups excluding carboxylic acids is 1. The summed E-state index contributed by atoms with van der Waals surface area (Å²) in [4.78, 5) is 22.4. The second-order valence-electron chi connectivity index (χ2n) is 4.71. The SMILES string of the molecule is Cc1noc(C)c1NC(=O)C(C)n1nc([N+](=O)[O-])cc1C. The highest BCUT2D eigenvalue weighted by molar-refractivity contribution is 5.94. The van der Waals surface area contributed by atoms with E-state index in [0.29, 0.717) is 22.8 Å². The van der Waals surface area contributed by atoms with Crippen LogP contribution in [-0.4, -0.2) is 25.8 Å². The molecule has 0 radical (unpaired) electrons. The molecular formula is C12H15N5O4. The predicted molar refractivity (Wildman–Crippen MR) is 72.9 cm³/mol. The highest BCUT2D eigenvalue weighted by atomic mass is 16.6. The van der Waals surface area contributed by atoms with Gasteiger partial charge in [-0.1, -0.05) is 5.16 Å². The summed E-state index contributed by atoms with van der Waals surface area (Å²) < 4.78 is 6.28. The maximum atomic E-state index is 12.2. The number of hydrogen-bond donors (Lipinski definition) is 1. The molecule has 21 heavy (non-hydrogen) atoms. The Morgan fingerprint density at radius 2 is 2.14 bits per heavy atom. The molecule has 1 unspecified atom stereocenters. The van der Waals surface area contributed by atoms with Gasteiger partial charge in [0, 0.05) is 0 Å². The van der Waals surface area contributed by atoms with E-state index in [9.17, 15) is 14.9 Å². The lowest BCUT2D eigenvalue weighted by Gasteiger charge is -2.11. The van der Waals surface area contributed by atoms with Crippen LogP contribution in [0.1, 0.15) is 30.1 Å². The van der Waals surface area contributed by atoms with E-state index < -0.39 is 11.0 Å². The number of rotatable bonds is 4. The van der Waals surface area contributed by atoms with Crippen molar-refractivity contribution in [3.8, 4) is 0 Å². The van der Waals surface area contributed by atoms with Crippen LogP contribution in [0.4, 0.5) is 11.5 Å². The summed E-state index contributed by atoms with van der Waals surface area (Å²) in [6, 6.07) is 0.618. The summed E-state index contributed by atoms with van der Waals surface area (Å²) in [7, 11) is 0.